The number of hydrogen-bond donors (Lipinski definition) is 2. The van der Waals surface area contributed by atoms with Gasteiger partial charge < -0.3 is 15.3 Å². The van der Waals surface area contributed by atoms with Gasteiger partial charge in [0.1, 0.15) is 6.04 Å². The zero-order valence-electron chi connectivity index (χ0n) is 12.5. The number of amides is 1. The van der Waals surface area contributed by atoms with Crippen molar-refractivity contribution < 1.29 is 14.7 Å². The quantitative estimate of drug-likeness (QED) is 0.860. The summed E-state index contributed by atoms with van der Waals surface area (Å²) in [5, 5.41) is 19.9. The van der Waals surface area contributed by atoms with Crippen molar-refractivity contribution in [3.8, 4) is 0 Å². The molecule has 0 aliphatic carbocycles. The maximum Gasteiger partial charge on any atom is 0.326 e. The molecule has 1 aliphatic heterocycles. The first-order valence-electron chi connectivity index (χ1n) is 6.92. The number of hydrogen-bond acceptors (Lipinski definition) is 5. The van der Waals surface area contributed by atoms with Crippen molar-refractivity contribution in [3.63, 3.8) is 0 Å². The molecule has 7 nitrogen and oxygen atoms in total. The van der Waals surface area contributed by atoms with E-state index in [0.29, 0.717) is 12.4 Å². The molecule has 0 aromatic carbocycles. The van der Waals surface area contributed by atoms with Gasteiger partial charge in [-0.25, -0.2) is 4.79 Å². The van der Waals surface area contributed by atoms with Crippen LogP contribution in [-0.2, 0) is 4.79 Å². The second-order valence-electron chi connectivity index (χ2n) is 5.88. The van der Waals surface area contributed by atoms with E-state index < -0.39 is 12.0 Å². The summed E-state index contributed by atoms with van der Waals surface area (Å²) < 4.78 is 0. The standard InChI is InChI=1S/C14H20N4O3/c1-14(2)7-4-8-18(11(14)13(20)21)10-6-5-9(16-17-10)12(19)15-3/h5-6,11H,4,7-8H2,1-3H3,(H,15,19)(H,20,21). The monoisotopic (exact) mass is 292 g/mol. The van der Waals surface area contributed by atoms with Gasteiger partial charge in [0.15, 0.2) is 11.5 Å². The Morgan fingerprint density at radius 3 is 2.62 bits per heavy atom. The molecule has 1 aromatic rings. The first-order valence-corrected chi connectivity index (χ1v) is 6.92. The highest BCUT2D eigenvalue weighted by Gasteiger charge is 2.43. The number of carboxylic acids is 1. The molecule has 7 heteroatoms. The molecule has 1 aliphatic rings. The van der Waals surface area contributed by atoms with Crippen LogP contribution in [0.5, 0.6) is 0 Å². The van der Waals surface area contributed by atoms with Gasteiger partial charge in [-0.05, 0) is 30.4 Å². The number of carboxylic acid groups (broad SMARTS) is 1. The maximum atomic E-state index is 11.6. The fourth-order valence-corrected chi connectivity index (χ4v) is 2.83. The Hall–Kier alpha value is -2.18. The van der Waals surface area contributed by atoms with Crippen molar-refractivity contribution in [1.82, 2.24) is 15.5 Å². The van der Waals surface area contributed by atoms with E-state index in [9.17, 15) is 14.7 Å². The highest BCUT2D eigenvalue weighted by molar-refractivity contribution is 5.92. The van der Waals surface area contributed by atoms with E-state index in [1.807, 2.05) is 13.8 Å². The molecule has 0 bridgehead atoms. The van der Waals surface area contributed by atoms with Crippen LogP contribution in [0.25, 0.3) is 0 Å². The molecule has 1 aromatic heterocycles. The number of anilines is 1. The number of rotatable bonds is 3. The number of nitrogens with zero attached hydrogens (tertiary/aromatic N) is 3. The van der Waals surface area contributed by atoms with Crippen molar-refractivity contribution in [3.05, 3.63) is 17.8 Å². The summed E-state index contributed by atoms with van der Waals surface area (Å²) in [6, 6.07) is 2.56. The van der Waals surface area contributed by atoms with Crippen LogP contribution in [0, 0.1) is 5.41 Å². The second-order valence-corrected chi connectivity index (χ2v) is 5.88. The topological polar surface area (TPSA) is 95.4 Å². The molecule has 0 radical (unpaired) electrons. The molecule has 1 atom stereocenters. The molecule has 1 amide bonds. The molecule has 2 heterocycles. The third kappa shape index (κ3) is 2.96. The minimum Gasteiger partial charge on any atom is -0.480 e. The van der Waals surface area contributed by atoms with Gasteiger partial charge in [-0.15, -0.1) is 10.2 Å². The number of piperidine rings is 1. The number of carbonyl (C=O) groups is 2. The number of aliphatic carboxylic acids is 1. The maximum absolute atomic E-state index is 11.6. The van der Waals surface area contributed by atoms with Crippen LogP contribution < -0.4 is 10.2 Å². The molecular weight excluding hydrogens is 272 g/mol. The van der Waals surface area contributed by atoms with Crippen LogP contribution in [0.2, 0.25) is 0 Å². The Morgan fingerprint density at radius 1 is 1.38 bits per heavy atom. The van der Waals surface area contributed by atoms with Gasteiger partial charge in [0.05, 0.1) is 0 Å². The number of carbonyl (C=O) groups excluding carboxylic acids is 1. The Balaban J connectivity index is 2.30. The Kier molecular flexibility index (Phi) is 4.11. The second kappa shape index (κ2) is 5.67. The van der Waals surface area contributed by atoms with E-state index in [1.54, 1.807) is 17.0 Å². The van der Waals surface area contributed by atoms with E-state index in [0.717, 1.165) is 12.8 Å². The van der Waals surface area contributed by atoms with Gasteiger partial charge in [-0.1, -0.05) is 13.8 Å². The lowest BCUT2D eigenvalue weighted by molar-refractivity contribution is -0.142. The van der Waals surface area contributed by atoms with Crippen molar-refractivity contribution in [2.45, 2.75) is 32.7 Å². The lowest BCUT2D eigenvalue weighted by Gasteiger charge is -2.44. The lowest BCUT2D eigenvalue weighted by atomic mass is 9.76. The van der Waals surface area contributed by atoms with E-state index in [-0.39, 0.29) is 17.0 Å². The van der Waals surface area contributed by atoms with Gasteiger partial charge in [-0.3, -0.25) is 4.79 Å². The summed E-state index contributed by atoms with van der Waals surface area (Å²) in [7, 11) is 1.52. The van der Waals surface area contributed by atoms with E-state index in [1.165, 1.54) is 7.05 Å². The van der Waals surface area contributed by atoms with Crippen molar-refractivity contribution >= 4 is 17.7 Å². The predicted octanol–water partition coefficient (Wildman–Crippen LogP) is 0.916. The van der Waals surface area contributed by atoms with Gasteiger partial charge in [0, 0.05) is 13.6 Å². The van der Waals surface area contributed by atoms with E-state index in [4.69, 9.17) is 0 Å². The molecular formula is C14H20N4O3. The molecule has 21 heavy (non-hydrogen) atoms. The average Bonchev–Trinajstić information content (AvgIpc) is 2.45. The molecule has 1 fully saturated rings. The van der Waals surface area contributed by atoms with Crippen molar-refractivity contribution in [1.29, 1.82) is 0 Å². The van der Waals surface area contributed by atoms with Gasteiger partial charge in [-0.2, -0.15) is 0 Å². The van der Waals surface area contributed by atoms with Gasteiger partial charge >= 0.3 is 5.97 Å². The molecule has 114 valence electrons. The Morgan fingerprint density at radius 2 is 2.10 bits per heavy atom. The van der Waals surface area contributed by atoms with Crippen molar-refractivity contribution in [2.24, 2.45) is 5.41 Å². The third-order valence-corrected chi connectivity index (χ3v) is 3.91. The third-order valence-electron chi connectivity index (χ3n) is 3.91. The molecule has 1 unspecified atom stereocenters. The number of aromatic nitrogens is 2. The summed E-state index contributed by atoms with van der Waals surface area (Å²) in [6.07, 6.45) is 1.75. The van der Waals surface area contributed by atoms with Crippen LogP contribution in [0.15, 0.2) is 12.1 Å². The summed E-state index contributed by atoms with van der Waals surface area (Å²) in [5.74, 6) is -0.692. The molecule has 2 rings (SSSR count). The zero-order valence-corrected chi connectivity index (χ0v) is 12.5. The van der Waals surface area contributed by atoms with Crippen LogP contribution in [0.3, 0.4) is 0 Å². The van der Waals surface area contributed by atoms with Crippen LogP contribution >= 0.6 is 0 Å². The van der Waals surface area contributed by atoms with Gasteiger partial charge in [0.2, 0.25) is 0 Å². The molecule has 2 N–H and O–H groups in total. The highest BCUT2D eigenvalue weighted by Crippen LogP contribution is 2.37. The highest BCUT2D eigenvalue weighted by atomic mass is 16.4. The average molecular weight is 292 g/mol. The largest absolute Gasteiger partial charge is 0.480 e. The fraction of sp³-hybridized carbons (Fsp3) is 0.571. The lowest BCUT2D eigenvalue weighted by Crippen LogP contribution is -2.54. The first-order chi connectivity index (χ1) is 9.86. The zero-order chi connectivity index (χ0) is 15.6. The van der Waals surface area contributed by atoms with Gasteiger partial charge in [0.25, 0.3) is 5.91 Å². The minimum absolute atomic E-state index is 0.212. The Bertz CT molecular complexity index is 542. The summed E-state index contributed by atoms with van der Waals surface area (Å²) in [4.78, 5) is 24.8. The molecule has 1 saturated heterocycles. The molecule has 0 spiro atoms. The predicted molar refractivity (Wildman–Crippen MR) is 77.2 cm³/mol. The van der Waals surface area contributed by atoms with E-state index >= 15 is 0 Å². The minimum atomic E-state index is -0.864. The normalized spacial score (nSPS) is 20.9. The Labute approximate surface area is 123 Å². The molecule has 0 saturated carbocycles. The first kappa shape index (κ1) is 15.2. The summed E-state index contributed by atoms with van der Waals surface area (Å²) in [5.41, 5.74) is -0.130. The van der Waals surface area contributed by atoms with E-state index in [2.05, 4.69) is 15.5 Å². The van der Waals surface area contributed by atoms with Crippen LogP contribution in [0.4, 0.5) is 5.82 Å². The summed E-state index contributed by atoms with van der Waals surface area (Å²) in [6.45, 7) is 4.52. The van der Waals surface area contributed by atoms with Crippen LogP contribution in [0.1, 0.15) is 37.2 Å². The SMILES string of the molecule is CNC(=O)c1ccc(N2CCCC(C)(C)C2C(=O)O)nn1. The smallest absolute Gasteiger partial charge is 0.326 e. The fourth-order valence-electron chi connectivity index (χ4n) is 2.83. The summed E-state index contributed by atoms with van der Waals surface area (Å²) >= 11 is 0. The number of nitrogens with one attached hydrogen (secondary N) is 1. The van der Waals surface area contributed by atoms with Crippen LogP contribution in [-0.4, -0.2) is 46.8 Å². The van der Waals surface area contributed by atoms with Crippen molar-refractivity contribution in [2.75, 3.05) is 18.5 Å².